The van der Waals surface area contributed by atoms with E-state index in [1.807, 2.05) is 6.07 Å². The number of nitrogens with zero attached hydrogens (tertiary/aromatic N) is 1. The van der Waals surface area contributed by atoms with Gasteiger partial charge in [0.25, 0.3) is 0 Å². The van der Waals surface area contributed by atoms with Crippen molar-refractivity contribution in [3.05, 3.63) is 12.3 Å². The summed E-state index contributed by atoms with van der Waals surface area (Å²) in [6, 6.07) is 1.90. The van der Waals surface area contributed by atoms with Crippen LogP contribution >= 0.6 is 9.07 Å². The fourth-order valence-electron chi connectivity index (χ4n) is 0.365. The van der Waals surface area contributed by atoms with Gasteiger partial charge in [0.1, 0.15) is 0 Å². The van der Waals surface area contributed by atoms with Crippen LogP contribution in [0.1, 0.15) is 0 Å². The Balaban J connectivity index is 2.76. The molecule has 0 radical (unpaired) electrons. The van der Waals surface area contributed by atoms with E-state index in [9.17, 15) is 0 Å². The molecule has 0 aliphatic heterocycles. The van der Waals surface area contributed by atoms with Gasteiger partial charge in [-0.15, -0.1) is 0 Å². The van der Waals surface area contributed by atoms with Crippen molar-refractivity contribution in [2.45, 2.75) is 0 Å². The Labute approximate surface area is 54.8 Å². The van der Waals surface area contributed by atoms with E-state index >= 15 is 0 Å². The highest BCUT2D eigenvalue weighted by Crippen LogP contribution is 1.70. The van der Waals surface area contributed by atoms with Crippen molar-refractivity contribution in [1.29, 1.82) is 0 Å². The monoisotopic (exact) mass is 126 g/mol. The third-order valence-electron chi connectivity index (χ3n) is 0.695. The van der Waals surface area contributed by atoms with Gasteiger partial charge in [0, 0.05) is 6.20 Å². The Morgan fingerprint density at radius 3 is 3.00 bits per heavy atom. The topological polar surface area (TPSA) is 28.7 Å². The molecule has 34 valence electrons. The number of aromatic amines is 1. The molecule has 2 nitrogen and oxygen atoms in total. The number of aromatic nitrogens is 2. The molecule has 1 heterocycles. The lowest BCUT2D eigenvalue weighted by molar-refractivity contribution is 1.11. The zero-order valence-electron chi connectivity index (χ0n) is 3.69. The fourth-order valence-corrected chi connectivity index (χ4v) is 1.17. The van der Waals surface area contributed by atoms with E-state index in [4.69, 9.17) is 9.07 Å². The average molecular weight is 127 g/mol. The van der Waals surface area contributed by atoms with E-state index in [1.165, 1.54) is 0 Å². The van der Waals surface area contributed by atoms with Crippen LogP contribution in [0, 0.1) is 0 Å². The van der Waals surface area contributed by atoms with E-state index in [2.05, 4.69) is 10.2 Å². The third-order valence-corrected chi connectivity index (χ3v) is 2.18. The Hall–Kier alpha value is 0.266. The molecule has 0 saturated heterocycles. The van der Waals surface area contributed by atoms with Crippen molar-refractivity contribution in [3.8, 4) is 0 Å². The summed E-state index contributed by atoms with van der Waals surface area (Å²) < 4.78 is 1.03. The van der Waals surface area contributed by atoms with Crippen LogP contribution in [-0.4, -0.2) is 29.5 Å². The van der Waals surface area contributed by atoms with Gasteiger partial charge in [0.2, 0.25) is 0 Å². The van der Waals surface area contributed by atoms with Gasteiger partial charge in [-0.05, 0) is 9.89 Å². The van der Waals surface area contributed by atoms with Gasteiger partial charge in [-0.2, -0.15) is 0 Å². The first-order chi connectivity index (χ1) is 3.43. The van der Waals surface area contributed by atoms with Crippen LogP contribution in [0.3, 0.4) is 0 Å². The standard InChI is InChI=1S/C3H3N2.ClH.Mg/c1-2-4-5-3-1;;/h1-2H,(H,4,5);1H;/q;;+1/p-1. The number of halogens is 1. The molecule has 0 atom stereocenters. The third kappa shape index (κ3) is 1.33. The molecule has 0 bridgehead atoms. The van der Waals surface area contributed by atoms with Crippen molar-refractivity contribution < 1.29 is 0 Å². The molecule has 1 N–H and O–H groups in total. The number of nitrogens with one attached hydrogen (secondary N) is 1. The number of hydrogen-bond donors (Lipinski definition) is 1. The lowest BCUT2D eigenvalue weighted by atomic mass is 10.8. The highest BCUT2D eigenvalue weighted by molar-refractivity contribution is 7.00. The van der Waals surface area contributed by atoms with Gasteiger partial charge < -0.3 is 9.07 Å². The van der Waals surface area contributed by atoms with Gasteiger partial charge in [0.05, 0.1) is 0 Å². The van der Waals surface area contributed by atoms with Crippen LogP contribution in [0.2, 0.25) is 0 Å². The molecule has 0 saturated carbocycles. The molecule has 7 heavy (non-hydrogen) atoms. The molecular weight excluding hydrogens is 124 g/mol. The van der Waals surface area contributed by atoms with Crippen LogP contribution < -0.4 is 3.82 Å². The van der Waals surface area contributed by atoms with Crippen molar-refractivity contribution in [2.75, 3.05) is 0 Å². The smallest absolute Gasteiger partial charge is 0.332 e. The van der Waals surface area contributed by atoms with Gasteiger partial charge in [-0.3, -0.25) is 5.10 Å². The summed E-state index contributed by atoms with van der Waals surface area (Å²) in [6.07, 6.45) is 1.78. The second kappa shape index (κ2) is 2.54. The molecule has 0 spiro atoms. The molecule has 1 rings (SSSR count). The largest absolute Gasteiger partial charge is 0.567 e. The Morgan fingerprint density at radius 1 is 1.86 bits per heavy atom. The fraction of sp³-hybridized carbons (Fsp3) is 0. The normalized spacial score (nSPS) is 8.14. The van der Waals surface area contributed by atoms with E-state index < -0.39 is 19.3 Å². The summed E-state index contributed by atoms with van der Waals surface area (Å²) >= 11 is -0.537. The maximum atomic E-state index is 5.52. The first kappa shape index (κ1) is 5.40. The second-order valence-electron chi connectivity index (χ2n) is 1.20. The summed E-state index contributed by atoms with van der Waals surface area (Å²) in [5.74, 6) is 0. The highest BCUT2D eigenvalue weighted by Gasteiger charge is 1.93. The number of H-pyrrole nitrogens is 1. The zero-order valence-corrected chi connectivity index (χ0v) is 5.86. The zero-order chi connectivity index (χ0) is 5.11. The first-order valence-corrected chi connectivity index (χ1v) is 4.82. The van der Waals surface area contributed by atoms with Gasteiger partial charge in [0.15, 0.2) is 0 Å². The molecular formula is C3H3ClMgN2. The van der Waals surface area contributed by atoms with Crippen molar-refractivity contribution in [2.24, 2.45) is 0 Å². The summed E-state index contributed by atoms with van der Waals surface area (Å²) in [5, 5.41) is 6.52. The number of hydrogen-bond acceptors (Lipinski definition) is 1. The van der Waals surface area contributed by atoms with Crippen molar-refractivity contribution in [3.63, 3.8) is 0 Å². The van der Waals surface area contributed by atoms with E-state index in [0.717, 1.165) is 3.82 Å². The molecule has 0 unspecified atom stereocenters. The summed E-state index contributed by atoms with van der Waals surface area (Å²) in [4.78, 5) is 0. The molecule has 1 aromatic heterocycles. The molecule has 1 aromatic rings. The molecule has 4 heteroatoms. The van der Waals surface area contributed by atoms with E-state index in [1.54, 1.807) is 6.20 Å². The molecule has 0 fully saturated rings. The molecule has 0 aliphatic carbocycles. The van der Waals surface area contributed by atoms with Gasteiger partial charge in [-0.25, -0.2) is 5.10 Å². The van der Waals surface area contributed by atoms with Crippen molar-refractivity contribution >= 4 is 32.2 Å². The van der Waals surface area contributed by atoms with E-state index in [-0.39, 0.29) is 0 Å². The molecule has 0 aliphatic rings. The average Bonchev–Trinajstić information content (AvgIpc) is 2.14. The minimum absolute atomic E-state index is 0.537. The predicted octanol–water partition coefficient (Wildman–Crippen LogP) is -0.107. The Morgan fingerprint density at radius 2 is 2.71 bits per heavy atom. The summed E-state index contributed by atoms with van der Waals surface area (Å²) in [5.41, 5.74) is 0. The SMILES string of the molecule is [Cl][Mg][c]1cc[nH]n1. The minimum atomic E-state index is -0.537. The van der Waals surface area contributed by atoms with Crippen LogP contribution in [0.5, 0.6) is 0 Å². The van der Waals surface area contributed by atoms with Crippen LogP contribution in [-0.2, 0) is 0 Å². The lowest BCUT2D eigenvalue weighted by Gasteiger charge is -1.72. The van der Waals surface area contributed by atoms with Crippen molar-refractivity contribution in [1.82, 2.24) is 10.2 Å². The van der Waals surface area contributed by atoms with Gasteiger partial charge in [-0.1, -0.05) is 0 Å². The first-order valence-electron chi connectivity index (χ1n) is 1.98. The maximum Gasteiger partial charge on any atom is 0.567 e. The highest BCUT2D eigenvalue weighted by atomic mass is 35.5. The Bertz CT molecular complexity index is 127. The Kier molecular flexibility index (Phi) is 1.96. The molecule has 0 aromatic carbocycles. The van der Waals surface area contributed by atoms with Gasteiger partial charge >= 0.3 is 19.3 Å². The van der Waals surface area contributed by atoms with Crippen LogP contribution in [0.4, 0.5) is 0 Å². The van der Waals surface area contributed by atoms with E-state index in [0.29, 0.717) is 0 Å². The predicted molar refractivity (Wildman–Crippen MR) is 29.8 cm³/mol. The second-order valence-corrected chi connectivity index (χ2v) is 2.99. The number of rotatable bonds is 1. The van der Waals surface area contributed by atoms with Crippen LogP contribution in [0.25, 0.3) is 0 Å². The lowest BCUT2D eigenvalue weighted by Crippen LogP contribution is -2.08. The maximum absolute atomic E-state index is 5.52. The summed E-state index contributed by atoms with van der Waals surface area (Å²) in [7, 11) is 5.52. The molecule has 0 amide bonds. The quantitative estimate of drug-likeness (QED) is 0.523. The minimum Gasteiger partial charge on any atom is -0.332 e. The van der Waals surface area contributed by atoms with Crippen LogP contribution in [0.15, 0.2) is 12.3 Å². The summed E-state index contributed by atoms with van der Waals surface area (Å²) in [6.45, 7) is 0.